The number of benzene rings is 6. The minimum atomic E-state index is 0.143. The van der Waals surface area contributed by atoms with Gasteiger partial charge in [-0.1, -0.05) is 97.1 Å². The van der Waals surface area contributed by atoms with Crippen LogP contribution in [0.25, 0.3) is 77.8 Å². The third-order valence-electron chi connectivity index (χ3n) is 8.54. The number of nitrogens with zero attached hydrogens (tertiary/aromatic N) is 5. The zero-order valence-electron chi connectivity index (χ0n) is 24.0. The van der Waals surface area contributed by atoms with Gasteiger partial charge in [0.1, 0.15) is 0 Å². The topological polar surface area (TPSA) is 48.5 Å². The lowest BCUT2D eigenvalue weighted by Gasteiger charge is -2.15. The van der Waals surface area contributed by atoms with Gasteiger partial charge < -0.3 is 9.13 Å². The third kappa shape index (κ3) is 3.98. The fourth-order valence-corrected chi connectivity index (χ4v) is 6.83. The van der Waals surface area contributed by atoms with E-state index in [1.165, 1.54) is 21.5 Å². The van der Waals surface area contributed by atoms with Crippen LogP contribution >= 0.6 is 11.6 Å². The predicted octanol–water partition coefficient (Wildman–Crippen LogP) is 10.1. The number of hydrogen-bond donors (Lipinski definition) is 0. The largest absolute Gasteiger partial charge is 0.309 e. The van der Waals surface area contributed by atoms with Crippen LogP contribution in [0.1, 0.15) is 0 Å². The first kappa shape index (κ1) is 25.7. The highest BCUT2D eigenvalue weighted by atomic mass is 35.5. The average Bonchev–Trinajstić information content (AvgIpc) is 3.61. The minimum Gasteiger partial charge on any atom is -0.309 e. The molecule has 0 amide bonds. The SMILES string of the molecule is Clc1nc(-c2ccccc2-n2c3ccccc3c3ccccc32)nc(-c2ccccc2-n2c3ccccc3c3ccccc32)n1. The summed E-state index contributed by atoms with van der Waals surface area (Å²) in [5.41, 5.74) is 8.13. The second-order valence-corrected chi connectivity index (χ2v) is 11.4. The van der Waals surface area contributed by atoms with Crippen molar-refractivity contribution in [1.29, 1.82) is 0 Å². The van der Waals surface area contributed by atoms with E-state index in [0.717, 1.165) is 44.6 Å². The maximum Gasteiger partial charge on any atom is 0.226 e. The summed E-state index contributed by atoms with van der Waals surface area (Å²) in [6.45, 7) is 0. The molecule has 0 N–H and O–H groups in total. The monoisotopic (exact) mass is 597 g/mol. The third-order valence-corrected chi connectivity index (χ3v) is 8.71. The van der Waals surface area contributed by atoms with Crippen molar-refractivity contribution >= 4 is 55.2 Å². The molecular weight excluding hydrogens is 574 g/mol. The lowest BCUT2D eigenvalue weighted by molar-refractivity contribution is 1.05. The summed E-state index contributed by atoms with van der Waals surface area (Å²) in [5.74, 6) is 1.03. The number of para-hydroxylation sites is 6. The van der Waals surface area contributed by atoms with Crippen LogP contribution < -0.4 is 0 Å². The Balaban J connectivity index is 1.28. The predicted molar refractivity (Wildman–Crippen MR) is 184 cm³/mol. The van der Waals surface area contributed by atoms with Crippen LogP contribution in [-0.4, -0.2) is 24.1 Å². The highest BCUT2D eigenvalue weighted by molar-refractivity contribution is 6.28. The van der Waals surface area contributed by atoms with Gasteiger partial charge in [0.25, 0.3) is 0 Å². The van der Waals surface area contributed by atoms with Crippen LogP contribution in [0, 0.1) is 0 Å². The number of fused-ring (bicyclic) bond motifs is 6. The van der Waals surface area contributed by atoms with E-state index in [2.05, 4.69) is 128 Å². The minimum absolute atomic E-state index is 0.143. The Hall–Kier alpha value is -5.78. The quantitative estimate of drug-likeness (QED) is 0.203. The molecule has 0 aliphatic heterocycles. The molecule has 0 unspecified atom stereocenters. The van der Waals surface area contributed by atoms with Crippen molar-refractivity contribution in [3.05, 3.63) is 151 Å². The number of aromatic nitrogens is 5. The Morgan fingerprint density at radius 3 is 1.04 bits per heavy atom. The summed E-state index contributed by atoms with van der Waals surface area (Å²) in [6, 6.07) is 50.3. The van der Waals surface area contributed by atoms with Gasteiger partial charge in [0.05, 0.1) is 33.4 Å². The fourth-order valence-electron chi connectivity index (χ4n) is 6.67. The number of halogens is 1. The number of hydrogen-bond acceptors (Lipinski definition) is 3. The summed E-state index contributed by atoms with van der Waals surface area (Å²) < 4.78 is 4.56. The lowest BCUT2D eigenvalue weighted by atomic mass is 10.1. The van der Waals surface area contributed by atoms with Crippen molar-refractivity contribution in [3.8, 4) is 34.2 Å². The molecule has 0 aliphatic rings. The second kappa shape index (κ2) is 10.2. The van der Waals surface area contributed by atoms with Crippen LogP contribution in [0.5, 0.6) is 0 Å². The highest BCUT2D eigenvalue weighted by Gasteiger charge is 2.20. The van der Waals surface area contributed by atoms with Crippen LogP contribution in [0.3, 0.4) is 0 Å². The molecule has 0 atom stereocenters. The molecule has 0 saturated carbocycles. The smallest absolute Gasteiger partial charge is 0.226 e. The first-order valence-electron chi connectivity index (χ1n) is 14.8. The van der Waals surface area contributed by atoms with Crippen LogP contribution in [-0.2, 0) is 0 Å². The Morgan fingerprint density at radius 2 is 0.667 bits per heavy atom. The summed E-state index contributed by atoms with van der Waals surface area (Å²) in [7, 11) is 0. The lowest BCUT2D eigenvalue weighted by Crippen LogP contribution is -2.04. The Kier molecular flexibility index (Phi) is 5.80. The molecule has 9 aromatic rings. The van der Waals surface area contributed by atoms with E-state index in [9.17, 15) is 0 Å². The maximum atomic E-state index is 6.71. The van der Waals surface area contributed by atoms with E-state index < -0.39 is 0 Å². The summed E-state index contributed by atoms with van der Waals surface area (Å²) in [6.07, 6.45) is 0. The summed E-state index contributed by atoms with van der Waals surface area (Å²) in [5, 5.41) is 4.91. The molecule has 3 aromatic heterocycles. The van der Waals surface area contributed by atoms with Crippen LogP contribution in [0.15, 0.2) is 146 Å². The molecule has 6 heteroatoms. The van der Waals surface area contributed by atoms with Crippen molar-refractivity contribution in [2.24, 2.45) is 0 Å². The van der Waals surface area contributed by atoms with E-state index in [0.29, 0.717) is 11.6 Å². The molecule has 6 aromatic carbocycles. The van der Waals surface area contributed by atoms with Crippen molar-refractivity contribution in [3.63, 3.8) is 0 Å². The number of rotatable bonds is 4. The molecular formula is C39H24ClN5. The molecule has 0 spiro atoms. The summed E-state index contributed by atoms with van der Waals surface area (Å²) in [4.78, 5) is 14.5. The van der Waals surface area contributed by atoms with E-state index >= 15 is 0 Å². The van der Waals surface area contributed by atoms with Crippen LogP contribution in [0.2, 0.25) is 5.28 Å². The van der Waals surface area contributed by atoms with E-state index in [1.807, 2.05) is 36.4 Å². The average molecular weight is 598 g/mol. The van der Waals surface area contributed by atoms with Gasteiger partial charge in [0, 0.05) is 32.7 Å². The molecule has 0 aliphatic carbocycles. The fraction of sp³-hybridized carbons (Fsp3) is 0. The van der Waals surface area contributed by atoms with E-state index in [-0.39, 0.29) is 5.28 Å². The molecule has 5 nitrogen and oxygen atoms in total. The zero-order valence-corrected chi connectivity index (χ0v) is 24.7. The van der Waals surface area contributed by atoms with Crippen LogP contribution in [0.4, 0.5) is 0 Å². The molecule has 9 rings (SSSR count). The van der Waals surface area contributed by atoms with E-state index in [1.54, 1.807) is 0 Å². The molecule has 3 heterocycles. The standard InChI is InChI=1S/C39H24ClN5/c40-39-42-37(29-17-5-11-23-35(29)44-31-19-7-1-13-25(31)26-14-2-8-20-32(26)44)41-38(43-39)30-18-6-12-24-36(30)45-33-21-9-3-15-27(33)28-16-4-10-22-34(28)45/h1-24H. The van der Waals surface area contributed by atoms with Gasteiger partial charge in [0.15, 0.2) is 11.6 Å². The normalized spacial score (nSPS) is 11.7. The Morgan fingerprint density at radius 1 is 0.356 bits per heavy atom. The first-order chi connectivity index (χ1) is 22.3. The van der Waals surface area contributed by atoms with Crippen molar-refractivity contribution in [2.45, 2.75) is 0 Å². The van der Waals surface area contributed by atoms with Gasteiger partial charge in [-0.2, -0.15) is 9.97 Å². The Bertz CT molecular complexity index is 2300. The Labute approximate surface area is 263 Å². The highest BCUT2D eigenvalue weighted by Crippen LogP contribution is 2.38. The first-order valence-corrected chi connectivity index (χ1v) is 15.2. The molecule has 212 valence electrons. The molecule has 0 radical (unpaired) electrons. The molecule has 0 fully saturated rings. The van der Waals surface area contributed by atoms with Gasteiger partial charge in [-0.3, -0.25) is 0 Å². The van der Waals surface area contributed by atoms with E-state index in [4.69, 9.17) is 16.6 Å². The van der Waals surface area contributed by atoms with Gasteiger partial charge in [-0.05, 0) is 60.1 Å². The zero-order chi connectivity index (χ0) is 29.9. The van der Waals surface area contributed by atoms with Gasteiger partial charge in [0.2, 0.25) is 5.28 Å². The van der Waals surface area contributed by atoms with Crippen molar-refractivity contribution in [2.75, 3.05) is 0 Å². The summed E-state index contributed by atoms with van der Waals surface area (Å²) >= 11 is 6.71. The molecule has 0 bridgehead atoms. The van der Waals surface area contributed by atoms with Gasteiger partial charge in [-0.25, -0.2) is 4.98 Å². The van der Waals surface area contributed by atoms with Crippen molar-refractivity contribution in [1.82, 2.24) is 24.1 Å². The van der Waals surface area contributed by atoms with Gasteiger partial charge in [-0.15, -0.1) is 0 Å². The van der Waals surface area contributed by atoms with Gasteiger partial charge >= 0.3 is 0 Å². The van der Waals surface area contributed by atoms with Crippen molar-refractivity contribution < 1.29 is 0 Å². The molecule has 45 heavy (non-hydrogen) atoms. The molecule has 0 saturated heterocycles. The maximum absolute atomic E-state index is 6.71. The second-order valence-electron chi connectivity index (χ2n) is 11.0.